The fraction of sp³-hybridized carbons (Fsp3) is 0.538. The molecule has 1 aromatic rings. The average molecular weight is 322 g/mol. The van der Waals surface area contributed by atoms with E-state index in [1.807, 2.05) is 24.0 Å². The summed E-state index contributed by atoms with van der Waals surface area (Å²) in [6.45, 7) is 2.66. The number of benzene rings is 1. The van der Waals surface area contributed by atoms with E-state index in [-0.39, 0.29) is 6.54 Å². The molecule has 0 N–H and O–H groups in total. The van der Waals surface area contributed by atoms with Gasteiger partial charge < -0.3 is 4.90 Å². The van der Waals surface area contributed by atoms with Crippen LogP contribution < -0.4 is 4.90 Å². The first kappa shape index (κ1) is 13.7. The average Bonchev–Trinajstić information content (AvgIpc) is 2.27. The summed E-state index contributed by atoms with van der Waals surface area (Å²) in [7, 11) is 0. The molecule has 0 fully saturated rings. The molecule has 1 atom stereocenters. The van der Waals surface area contributed by atoms with Crippen LogP contribution in [0.2, 0.25) is 0 Å². The predicted octanol–water partition coefficient (Wildman–Crippen LogP) is 4.07. The van der Waals surface area contributed by atoms with Gasteiger partial charge in [0.05, 0.1) is 0 Å². The molecular weight excluding hydrogens is 307 g/mol. The Hall–Kier alpha value is -0.710. The van der Waals surface area contributed by atoms with Crippen LogP contribution in [0.5, 0.6) is 0 Å². The van der Waals surface area contributed by atoms with Crippen LogP contribution in [0.4, 0.5) is 18.9 Å². The van der Waals surface area contributed by atoms with Crippen LogP contribution in [0, 0.1) is 6.92 Å². The highest BCUT2D eigenvalue weighted by atomic mass is 79.9. The lowest BCUT2D eigenvalue weighted by Crippen LogP contribution is -2.40. The first-order valence-corrected chi connectivity index (χ1v) is 6.85. The van der Waals surface area contributed by atoms with Crippen LogP contribution in [-0.4, -0.2) is 24.1 Å². The van der Waals surface area contributed by atoms with E-state index in [1.54, 1.807) is 0 Å². The smallest absolute Gasteiger partial charge is 0.370 e. The van der Waals surface area contributed by atoms with Crippen LogP contribution in [0.15, 0.2) is 18.2 Å². The Kier molecular flexibility index (Phi) is 3.90. The van der Waals surface area contributed by atoms with Gasteiger partial charge in [0.25, 0.3) is 0 Å². The molecule has 0 amide bonds. The molecule has 1 aromatic carbocycles. The second kappa shape index (κ2) is 5.11. The first-order valence-electron chi connectivity index (χ1n) is 5.93. The molecule has 0 saturated carbocycles. The number of hydrogen-bond acceptors (Lipinski definition) is 1. The summed E-state index contributed by atoms with van der Waals surface area (Å²) in [5.41, 5.74) is 3.26. The molecule has 1 unspecified atom stereocenters. The molecule has 5 heteroatoms. The topological polar surface area (TPSA) is 3.24 Å². The summed E-state index contributed by atoms with van der Waals surface area (Å²) >= 11 is 2.73. The molecule has 0 aliphatic carbocycles. The van der Waals surface area contributed by atoms with Crippen LogP contribution in [-0.2, 0) is 6.42 Å². The third-order valence-corrected chi connectivity index (χ3v) is 3.99. The Morgan fingerprint density at radius 1 is 1.39 bits per heavy atom. The van der Waals surface area contributed by atoms with Gasteiger partial charge in [-0.2, -0.15) is 13.2 Å². The Morgan fingerprint density at radius 3 is 2.78 bits per heavy atom. The van der Waals surface area contributed by atoms with Crippen molar-refractivity contribution in [3.05, 3.63) is 29.3 Å². The van der Waals surface area contributed by atoms with Crippen molar-refractivity contribution < 1.29 is 13.2 Å². The van der Waals surface area contributed by atoms with Crippen LogP contribution in [0.1, 0.15) is 17.5 Å². The molecule has 0 saturated heterocycles. The second-order valence-electron chi connectivity index (χ2n) is 4.69. The predicted molar refractivity (Wildman–Crippen MR) is 70.5 cm³/mol. The van der Waals surface area contributed by atoms with Gasteiger partial charge in [0.15, 0.2) is 0 Å². The van der Waals surface area contributed by atoms with Crippen molar-refractivity contribution >= 4 is 21.6 Å². The highest BCUT2D eigenvalue weighted by molar-refractivity contribution is 9.09. The van der Waals surface area contributed by atoms with E-state index in [2.05, 4.69) is 22.0 Å². The third-order valence-electron chi connectivity index (χ3n) is 3.19. The normalized spacial score (nSPS) is 17.5. The van der Waals surface area contributed by atoms with E-state index in [9.17, 15) is 13.2 Å². The van der Waals surface area contributed by atoms with Crippen molar-refractivity contribution in [2.45, 2.75) is 30.8 Å². The highest BCUT2D eigenvalue weighted by Crippen LogP contribution is 2.32. The molecule has 0 radical (unpaired) electrons. The Balaban J connectivity index is 2.18. The number of anilines is 1. The van der Waals surface area contributed by atoms with Crippen molar-refractivity contribution in [2.75, 3.05) is 18.0 Å². The summed E-state index contributed by atoms with van der Waals surface area (Å²) < 4.78 is 37.7. The zero-order valence-corrected chi connectivity index (χ0v) is 11.7. The Morgan fingerprint density at radius 2 is 2.11 bits per heavy atom. The van der Waals surface area contributed by atoms with Crippen molar-refractivity contribution in [3.63, 3.8) is 0 Å². The summed E-state index contributed by atoms with van der Waals surface area (Å²) in [5, 5.41) is 0. The van der Waals surface area contributed by atoms with E-state index < -0.39 is 11.0 Å². The summed E-state index contributed by atoms with van der Waals surface area (Å²) in [4.78, 5) is 0.350. The number of aryl methyl sites for hydroxylation is 2. The third kappa shape index (κ3) is 2.99. The van der Waals surface area contributed by atoms with Crippen LogP contribution in [0.3, 0.4) is 0 Å². The maximum Gasteiger partial charge on any atom is 0.402 e. The van der Waals surface area contributed by atoms with Crippen LogP contribution in [0.25, 0.3) is 0 Å². The molecule has 2 rings (SSSR count). The fourth-order valence-corrected chi connectivity index (χ4v) is 2.64. The number of halogens is 4. The second-order valence-corrected chi connectivity index (χ2v) is 5.80. The van der Waals surface area contributed by atoms with E-state index in [0.29, 0.717) is 6.54 Å². The zero-order valence-electron chi connectivity index (χ0n) is 10.1. The van der Waals surface area contributed by atoms with Crippen molar-refractivity contribution in [1.29, 1.82) is 0 Å². The molecule has 0 bridgehead atoms. The molecule has 1 aliphatic heterocycles. The lowest BCUT2D eigenvalue weighted by atomic mass is 9.99. The molecule has 1 heterocycles. The minimum absolute atomic E-state index is 0.0282. The zero-order chi connectivity index (χ0) is 13.3. The largest absolute Gasteiger partial charge is 0.402 e. The van der Waals surface area contributed by atoms with E-state index in [1.165, 1.54) is 0 Å². The van der Waals surface area contributed by atoms with Gasteiger partial charge in [-0.05, 0) is 31.4 Å². The SMILES string of the molecule is Cc1ccc2c(c1)CCCN2CC(Br)C(F)(F)F. The standard InChI is InChI=1S/C13H15BrF3N/c1-9-4-5-11-10(7-9)3-2-6-18(11)8-12(14)13(15,16)17/h4-5,7,12H,2-3,6,8H2,1H3. The lowest BCUT2D eigenvalue weighted by Gasteiger charge is -2.33. The van der Waals surface area contributed by atoms with Gasteiger partial charge in [0.2, 0.25) is 0 Å². The van der Waals surface area contributed by atoms with Gasteiger partial charge in [-0.25, -0.2) is 0 Å². The van der Waals surface area contributed by atoms with Gasteiger partial charge >= 0.3 is 6.18 Å². The van der Waals surface area contributed by atoms with Crippen molar-refractivity contribution in [3.8, 4) is 0 Å². The van der Waals surface area contributed by atoms with Gasteiger partial charge in [0.1, 0.15) is 4.83 Å². The number of rotatable bonds is 2. The summed E-state index contributed by atoms with van der Waals surface area (Å²) in [6, 6.07) is 5.95. The molecule has 18 heavy (non-hydrogen) atoms. The monoisotopic (exact) mass is 321 g/mol. The molecule has 1 nitrogen and oxygen atoms in total. The molecule has 100 valence electrons. The number of fused-ring (bicyclic) bond motifs is 1. The summed E-state index contributed by atoms with van der Waals surface area (Å²) in [6.07, 6.45) is -2.33. The van der Waals surface area contributed by atoms with Gasteiger partial charge in [-0.1, -0.05) is 33.6 Å². The first-order chi connectivity index (χ1) is 8.38. The Labute approximate surface area is 113 Å². The number of nitrogens with zero attached hydrogens (tertiary/aromatic N) is 1. The van der Waals surface area contributed by atoms with E-state index in [4.69, 9.17) is 0 Å². The quantitative estimate of drug-likeness (QED) is 0.742. The fourth-order valence-electron chi connectivity index (χ4n) is 2.29. The molecule has 0 aromatic heterocycles. The molecular formula is C13H15BrF3N. The van der Waals surface area contributed by atoms with Crippen LogP contribution >= 0.6 is 15.9 Å². The molecule has 0 spiro atoms. The number of alkyl halides is 4. The van der Waals surface area contributed by atoms with Crippen molar-refractivity contribution in [1.82, 2.24) is 0 Å². The minimum Gasteiger partial charge on any atom is -0.370 e. The number of hydrogen-bond donors (Lipinski definition) is 0. The lowest BCUT2D eigenvalue weighted by molar-refractivity contribution is -0.125. The minimum atomic E-state index is -4.19. The van der Waals surface area contributed by atoms with E-state index >= 15 is 0 Å². The maximum absolute atomic E-state index is 12.6. The summed E-state index contributed by atoms with van der Waals surface area (Å²) in [5.74, 6) is 0. The molecule has 1 aliphatic rings. The Bertz CT molecular complexity index is 431. The maximum atomic E-state index is 12.6. The van der Waals surface area contributed by atoms with Gasteiger partial charge in [-0.3, -0.25) is 0 Å². The van der Waals surface area contributed by atoms with E-state index in [0.717, 1.165) is 29.7 Å². The van der Waals surface area contributed by atoms with Gasteiger partial charge in [0, 0.05) is 18.8 Å². The van der Waals surface area contributed by atoms with Gasteiger partial charge in [-0.15, -0.1) is 0 Å². The van der Waals surface area contributed by atoms with Crippen molar-refractivity contribution in [2.24, 2.45) is 0 Å². The highest BCUT2D eigenvalue weighted by Gasteiger charge is 2.39.